The van der Waals surface area contributed by atoms with E-state index < -0.39 is 5.54 Å². The van der Waals surface area contributed by atoms with E-state index in [1.807, 2.05) is 28.9 Å². The first-order valence-corrected chi connectivity index (χ1v) is 18.2. The van der Waals surface area contributed by atoms with Gasteiger partial charge in [0.2, 0.25) is 0 Å². The Kier molecular flexibility index (Phi) is 8.01. The van der Waals surface area contributed by atoms with E-state index in [1.165, 1.54) is 11.1 Å². The van der Waals surface area contributed by atoms with Gasteiger partial charge in [-0.25, -0.2) is 14.6 Å². The molecule has 0 saturated carbocycles. The molecule has 0 N–H and O–H groups in total. The van der Waals surface area contributed by atoms with Crippen LogP contribution in [-0.2, 0) is 18.4 Å². The number of benzene rings is 5. The van der Waals surface area contributed by atoms with Gasteiger partial charge in [0, 0.05) is 12.0 Å². The summed E-state index contributed by atoms with van der Waals surface area (Å²) in [5.74, 6) is 1.71. The largest absolute Gasteiger partial charge is 0.305 e. The maximum Gasteiger partial charge on any atom is 0.184 e. The number of halogens is 1. The van der Waals surface area contributed by atoms with Crippen LogP contribution in [0.15, 0.2) is 140 Å². The van der Waals surface area contributed by atoms with Crippen molar-refractivity contribution < 1.29 is 0 Å². The number of aromatic nitrogens is 7. The van der Waals surface area contributed by atoms with Gasteiger partial charge in [-0.3, -0.25) is 0 Å². The summed E-state index contributed by atoms with van der Waals surface area (Å²) >= 11 is 6.48. The first-order valence-electron chi connectivity index (χ1n) is 17.8. The molecule has 1 unspecified atom stereocenters. The van der Waals surface area contributed by atoms with E-state index in [-0.39, 0.29) is 6.04 Å². The summed E-state index contributed by atoms with van der Waals surface area (Å²) in [5, 5.41) is 14.4. The molecule has 0 fully saturated rings. The Hall–Kier alpha value is -5.92. The molecule has 0 bridgehead atoms. The van der Waals surface area contributed by atoms with E-state index in [0.29, 0.717) is 11.0 Å². The maximum absolute atomic E-state index is 6.48. The highest BCUT2D eigenvalue weighted by Crippen LogP contribution is 2.45. The predicted octanol–water partition coefficient (Wildman–Crippen LogP) is 9.65. The van der Waals surface area contributed by atoms with Gasteiger partial charge in [0.1, 0.15) is 22.0 Å². The van der Waals surface area contributed by atoms with E-state index in [1.54, 1.807) is 0 Å². The topological polar surface area (TPSA) is 74.3 Å². The highest BCUT2D eigenvalue weighted by atomic mass is 35.5. The van der Waals surface area contributed by atoms with Gasteiger partial charge in [-0.1, -0.05) is 152 Å². The molecule has 3 heterocycles. The SMILES string of the molecule is CCc1nc2c(C)cc(Cl)nc2n1C1CCc2cc(-c3ccccc3-c3nnnn3C(c3ccccc3)(c3ccccc3)c3ccccc3)ccc21. The minimum atomic E-state index is -0.847. The fraction of sp³-hybridized carbons (Fsp3) is 0.159. The van der Waals surface area contributed by atoms with Gasteiger partial charge < -0.3 is 4.57 Å². The van der Waals surface area contributed by atoms with Crippen molar-refractivity contribution in [2.24, 2.45) is 0 Å². The van der Waals surface area contributed by atoms with Crippen LogP contribution in [0.25, 0.3) is 33.7 Å². The number of rotatable bonds is 8. The number of aryl methyl sites for hydroxylation is 3. The highest BCUT2D eigenvalue weighted by Gasteiger charge is 2.42. The Bertz CT molecular complexity index is 2450. The fourth-order valence-corrected chi connectivity index (χ4v) is 8.49. The van der Waals surface area contributed by atoms with Crippen molar-refractivity contribution in [2.45, 2.75) is 44.7 Å². The minimum absolute atomic E-state index is 0.139. The van der Waals surface area contributed by atoms with Crippen molar-refractivity contribution in [3.63, 3.8) is 0 Å². The van der Waals surface area contributed by atoms with E-state index >= 15 is 0 Å². The Morgan fingerprint density at radius 3 is 1.98 bits per heavy atom. The van der Waals surface area contributed by atoms with Crippen molar-refractivity contribution in [3.05, 3.63) is 184 Å². The molecule has 52 heavy (non-hydrogen) atoms. The molecule has 8 heteroatoms. The lowest BCUT2D eigenvalue weighted by molar-refractivity contribution is 0.451. The second kappa shape index (κ2) is 13.0. The molecule has 0 radical (unpaired) electrons. The molecule has 7 nitrogen and oxygen atoms in total. The third-order valence-electron chi connectivity index (χ3n) is 10.5. The van der Waals surface area contributed by atoms with E-state index in [9.17, 15) is 0 Å². The normalized spacial score (nSPS) is 14.2. The fourth-order valence-electron chi connectivity index (χ4n) is 8.24. The van der Waals surface area contributed by atoms with Gasteiger partial charge >= 0.3 is 0 Å². The van der Waals surface area contributed by atoms with Crippen LogP contribution in [-0.4, -0.2) is 34.7 Å². The van der Waals surface area contributed by atoms with Crippen molar-refractivity contribution >= 4 is 22.8 Å². The second-order valence-electron chi connectivity index (χ2n) is 13.4. The van der Waals surface area contributed by atoms with Crippen LogP contribution in [0.3, 0.4) is 0 Å². The number of nitrogens with zero attached hydrogens (tertiary/aromatic N) is 7. The number of hydrogen-bond donors (Lipinski definition) is 0. The zero-order valence-electron chi connectivity index (χ0n) is 29.0. The zero-order chi connectivity index (χ0) is 35.2. The monoisotopic (exact) mass is 697 g/mol. The molecular formula is C44H36ClN7. The molecule has 254 valence electrons. The van der Waals surface area contributed by atoms with Crippen molar-refractivity contribution in [3.8, 4) is 22.5 Å². The van der Waals surface area contributed by atoms with Crippen LogP contribution in [0.1, 0.15) is 58.6 Å². The average molecular weight is 698 g/mol. The molecule has 8 aromatic rings. The van der Waals surface area contributed by atoms with Crippen LogP contribution in [0.5, 0.6) is 0 Å². The van der Waals surface area contributed by atoms with Crippen LogP contribution >= 0.6 is 11.6 Å². The van der Waals surface area contributed by atoms with Gasteiger partial charge in [0.05, 0.1) is 6.04 Å². The van der Waals surface area contributed by atoms with Gasteiger partial charge in [0.25, 0.3) is 0 Å². The zero-order valence-corrected chi connectivity index (χ0v) is 29.7. The molecule has 0 aliphatic heterocycles. The first-order chi connectivity index (χ1) is 25.6. The van der Waals surface area contributed by atoms with Crippen molar-refractivity contribution in [1.29, 1.82) is 0 Å². The third-order valence-corrected chi connectivity index (χ3v) is 10.7. The number of pyridine rings is 1. The molecule has 1 aliphatic carbocycles. The van der Waals surface area contributed by atoms with E-state index in [4.69, 9.17) is 31.9 Å². The van der Waals surface area contributed by atoms with Crippen molar-refractivity contribution in [2.75, 3.05) is 0 Å². The summed E-state index contributed by atoms with van der Waals surface area (Å²) in [4.78, 5) is 9.77. The maximum atomic E-state index is 6.48. The summed E-state index contributed by atoms with van der Waals surface area (Å²) in [5.41, 5.74) is 10.9. The molecule has 1 aliphatic rings. The Balaban J connectivity index is 1.20. The Morgan fingerprint density at radius 1 is 0.731 bits per heavy atom. The average Bonchev–Trinajstić information content (AvgIpc) is 3.94. The summed E-state index contributed by atoms with van der Waals surface area (Å²) in [7, 11) is 0. The summed E-state index contributed by atoms with van der Waals surface area (Å²) in [6.45, 7) is 4.21. The number of fused-ring (bicyclic) bond motifs is 2. The van der Waals surface area contributed by atoms with E-state index in [2.05, 4.69) is 139 Å². The van der Waals surface area contributed by atoms with Crippen molar-refractivity contribution in [1.82, 2.24) is 34.7 Å². The lowest BCUT2D eigenvalue weighted by atomic mass is 9.77. The number of tetrazole rings is 1. The highest BCUT2D eigenvalue weighted by molar-refractivity contribution is 6.29. The van der Waals surface area contributed by atoms with Gasteiger partial charge in [-0.05, 0) is 80.8 Å². The molecule has 3 aromatic heterocycles. The van der Waals surface area contributed by atoms with Crippen LogP contribution in [0, 0.1) is 6.92 Å². The lowest BCUT2D eigenvalue weighted by Crippen LogP contribution is -2.39. The molecular weight excluding hydrogens is 662 g/mol. The molecule has 9 rings (SSSR count). The minimum Gasteiger partial charge on any atom is -0.305 e. The third kappa shape index (κ3) is 5.07. The summed E-state index contributed by atoms with van der Waals surface area (Å²) < 4.78 is 4.32. The van der Waals surface area contributed by atoms with Crippen LogP contribution in [0.2, 0.25) is 5.15 Å². The van der Waals surface area contributed by atoms with Gasteiger partial charge in [-0.15, -0.1) is 5.10 Å². The Morgan fingerprint density at radius 2 is 1.35 bits per heavy atom. The Labute approximate surface area is 307 Å². The second-order valence-corrected chi connectivity index (χ2v) is 13.8. The molecule has 1 atom stereocenters. The summed E-state index contributed by atoms with van der Waals surface area (Å²) in [6, 6.07) is 48.9. The first kappa shape index (κ1) is 32.0. The number of hydrogen-bond acceptors (Lipinski definition) is 5. The standard InChI is InChI=1S/C44H36ClN7/c1-3-40-47-41-29(2)27-39(45)46-43(41)51(40)38-26-24-31-28-30(23-25-36(31)38)35-21-13-14-22-37(35)42-48-49-50-52(42)44(32-15-7-4-8-16-32,33-17-9-5-10-18-33)34-19-11-6-12-20-34/h4-23,25,27-28,38H,3,24,26H2,1-2H3. The molecule has 5 aromatic carbocycles. The molecule has 0 saturated heterocycles. The molecule has 0 spiro atoms. The summed E-state index contributed by atoms with van der Waals surface area (Å²) in [6.07, 6.45) is 2.74. The molecule has 0 amide bonds. The predicted molar refractivity (Wildman–Crippen MR) is 206 cm³/mol. The smallest absolute Gasteiger partial charge is 0.184 e. The van der Waals surface area contributed by atoms with Gasteiger partial charge in [-0.2, -0.15) is 0 Å². The van der Waals surface area contributed by atoms with E-state index in [0.717, 1.165) is 75.2 Å². The van der Waals surface area contributed by atoms with Crippen LogP contribution < -0.4 is 0 Å². The lowest BCUT2D eigenvalue weighted by Gasteiger charge is -2.36. The number of imidazole rings is 1. The van der Waals surface area contributed by atoms with Gasteiger partial charge in [0.15, 0.2) is 11.5 Å². The van der Waals surface area contributed by atoms with Crippen LogP contribution in [0.4, 0.5) is 0 Å². The quantitative estimate of drug-likeness (QED) is 0.117.